The SMILES string of the molecule is CCn1nc(C2CC2)cc1C(=O)N1C[C@@H](O)[C@H](N2CCCC2)C1. The summed E-state index contributed by atoms with van der Waals surface area (Å²) < 4.78 is 1.82. The van der Waals surface area contributed by atoms with E-state index >= 15 is 0 Å². The number of aryl methyl sites for hydroxylation is 1. The van der Waals surface area contributed by atoms with Crippen LogP contribution in [-0.2, 0) is 6.54 Å². The number of hydrogen-bond acceptors (Lipinski definition) is 4. The van der Waals surface area contributed by atoms with E-state index in [0.717, 1.165) is 18.8 Å². The zero-order valence-electron chi connectivity index (χ0n) is 13.8. The van der Waals surface area contributed by atoms with E-state index in [1.54, 1.807) is 0 Å². The van der Waals surface area contributed by atoms with Gasteiger partial charge >= 0.3 is 0 Å². The van der Waals surface area contributed by atoms with E-state index in [2.05, 4.69) is 10.00 Å². The summed E-state index contributed by atoms with van der Waals surface area (Å²) in [7, 11) is 0. The van der Waals surface area contributed by atoms with Crippen LogP contribution in [0.1, 0.15) is 54.7 Å². The van der Waals surface area contributed by atoms with Crippen LogP contribution in [0, 0.1) is 0 Å². The number of carbonyl (C=O) groups excluding carboxylic acids is 1. The van der Waals surface area contributed by atoms with Crippen molar-refractivity contribution in [3.05, 3.63) is 17.5 Å². The number of hydrogen-bond donors (Lipinski definition) is 1. The lowest BCUT2D eigenvalue weighted by atomic mass is 10.2. The van der Waals surface area contributed by atoms with Crippen molar-refractivity contribution in [3.63, 3.8) is 0 Å². The van der Waals surface area contributed by atoms with Crippen molar-refractivity contribution in [2.24, 2.45) is 0 Å². The summed E-state index contributed by atoms with van der Waals surface area (Å²) in [6, 6.07) is 2.07. The Bertz CT molecular complexity index is 589. The number of β-amino-alcohol motifs (C(OH)–C–C–N with tert-alkyl or cyclic N) is 1. The van der Waals surface area contributed by atoms with Gasteiger partial charge in [0.05, 0.1) is 17.8 Å². The summed E-state index contributed by atoms with van der Waals surface area (Å²) >= 11 is 0. The smallest absolute Gasteiger partial charge is 0.272 e. The second-order valence-corrected chi connectivity index (χ2v) is 7.13. The molecule has 1 saturated carbocycles. The van der Waals surface area contributed by atoms with E-state index in [1.807, 2.05) is 22.6 Å². The van der Waals surface area contributed by atoms with Crippen molar-refractivity contribution in [2.45, 2.75) is 57.2 Å². The van der Waals surface area contributed by atoms with E-state index in [1.165, 1.54) is 25.7 Å². The standard InChI is InChI=1S/C17H26N4O2/c1-2-21-14(9-13(18-21)12-5-6-12)17(23)20-10-15(16(22)11-20)19-7-3-4-8-19/h9,12,15-16,22H,2-8,10-11H2,1H3/t15-,16-/m1/s1. The van der Waals surface area contributed by atoms with Gasteiger partial charge in [-0.1, -0.05) is 0 Å². The number of amides is 1. The zero-order chi connectivity index (χ0) is 16.0. The van der Waals surface area contributed by atoms with Crippen molar-refractivity contribution in [2.75, 3.05) is 26.2 Å². The number of aliphatic hydroxyl groups excluding tert-OH is 1. The molecule has 0 radical (unpaired) electrons. The van der Waals surface area contributed by atoms with Crippen LogP contribution in [0.15, 0.2) is 6.07 Å². The molecule has 4 rings (SSSR count). The molecule has 2 saturated heterocycles. The second kappa shape index (κ2) is 5.91. The molecular weight excluding hydrogens is 292 g/mol. The predicted octanol–water partition coefficient (Wildman–Crippen LogP) is 1.06. The molecule has 0 unspecified atom stereocenters. The molecule has 2 aliphatic heterocycles. The quantitative estimate of drug-likeness (QED) is 0.902. The Labute approximate surface area is 137 Å². The van der Waals surface area contributed by atoms with E-state index in [4.69, 9.17) is 0 Å². The maximum Gasteiger partial charge on any atom is 0.272 e. The van der Waals surface area contributed by atoms with Crippen molar-refractivity contribution in [3.8, 4) is 0 Å². The Morgan fingerprint density at radius 1 is 1.30 bits per heavy atom. The van der Waals surface area contributed by atoms with Crippen LogP contribution in [0.25, 0.3) is 0 Å². The van der Waals surface area contributed by atoms with Gasteiger partial charge in [-0.15, -0.1) is 0 Å². The highest BCUT2D eigenvalue weighted by Crippen LogP contribution is 2.39. The second-order valence-electron chi connectivity index (χ2n) is 7.13. The van der Waals surface area contributed by atoms with Crippen LogP contribution in [0.4, 0.5) is 0 Å². The highest BCUT2D eigenvalue weighted by atomic mass is 16.3. The maximum atomic E-state index is 12.9. The van der Waals surface area contributed by atoms with Gasteiger partial charge in [0.25, 0.3) is 5.91 Å². The Balaban J connectivity index is 1.50. The molecule has 23 heavy (non-hydrogen) atoms. The highest BCUT2D eigenvalue weighted by molar-refractivity contribution is 5.93. The third kappa shape index (κ3) is 2.78. The van der Waals surface area contributed by atoms with E-state index in [0.29, 0.717) is 31.2 Å². The van der Waals surface area contributed by atoms with Crippen molar-refractivity contribution in [1.29, 1.82) is 0 Å². The molecule has 1 amide bonds. The molecule has 126 valence electrons. The number of carbonyl (C=O) groups is 1. The van der Waals surface area contributed by atoms with Crippen LogP contribution in [0.5, 0.6) is 0 Å². The minimum absolute atomic E-state index is 0.0204. The first kappa shape index (κ1) is 15.1. The third-order valence-electron chi connectivity index (χ3n) is 5.47. The molecule has 6 heteroatoms. The molecule has 3 heterocycles. The molecule has 1 aliphatic carbocycles. The molecule has 1 N–H and O–H groups in total. The first-order valence-corrected chi connectivity index (χ1v) is 8.96. The molecular formula is C17H26N4O2. The Kier molecular flexibility index (Phi) is 3.89. The molecule has 0 aromatic carbocycles. The molecule has 0 bridgehead atoms. The predicted molar refractivity (Wildman–Crippen MR) is 86.4 cm³/mol. The lowest BCUT2D eigenvalue weighted by molar-refractivity contribution is 0.0751. The fraction of sp³-hybridized carbons (Fsp3) is 0.765. The molecule has 0 spiro atoms. The van der Waals surface area contributed by atoms with Gasteiger partial charge < -0.3 is 10.0 Å². The summed E-state index contributed by atoms with van der Waals surface area (Å²) in [5.74, 6) is 0.572. The van der Waals surface area contributed by atoms with E-state index < -0.39 is 6.10 Å². The largest absolute Gasteiger partial charge is 0.390 e. The van der Waals surface area contributed by atoms with Gasteiger partial charge in [-0.05, 0) is 51.8 Å². The maximum absolute atomic E-state index is 12.9. The lowest BCUT2D eigenvalue weighted by Gasteiger charge is -2.25. The van der Waals surface area contributed by atoms with Gasteiger partial charge in [0.15, 0.2) is 0 Å². The van der Waals surface area contributed by atoms with Crippen LogP contribution in [0.3, 0.4) is 0 Å². The lowest BCUT2D eigenvalue weighted by Crippen LogP contribution is -2.41. The van der Waals surface area contributed by atoms with Gasteiger partial charge in [0.1, 0.15) is 5.69 Å². The van der Waals surface area contributed by atoms with E-state index in [9.17, 15) is 9.90 Å². The van der Waals surface area contributed by atoms with Gasteiger partial charge in [-0.25, -0.2) is 0 Å². The van der Waals surface area contributed by atoms with E-state index in [-0.39, 0.29) is 11.9 Å². The number of aliphatic hydroxyl groups is 1. The first-order valence-electron chi connectivity index (χ1n) is 8.96. The zero-order valence-corrected chi connectivity index (χ0v) is 13.8. The Morgan fingerprint density at radius 3 is 2.70 bits per heavy atom. The number of rotatable bonds is 4. The summed E-state index contributed by atoms with van der Waals surface area (Å²) in [5.41, 5.74) is 1.75. The Hall–Kier alpha value is -1.40. The number of aromatic nitrogens is 2. The fourth-order valence-electron chi connectivity index (χ4n) is 3.96. The number of nitrogens with zero attached hydrogens (tertiary/aromatic N) is 4. The van der Waals surface area contributed by atoms with Crippen LogP contribution in [-0.4, -0.2) is 68.9 Å². The highest BCUT2D eigenvalue weighted by Gasteiger charge is 2.39. The van der Waals surface area contributed by atoms with Crippen LogP contribution in [0.2, 0.25) is 0 Å². The summed E-state index contributed by atoms with van der Waals surface area (Å²) in [6.07, 6.45) is 4.34. The normalized spacial score (nSPS) is 28.7. The van der Waals surface area contributed by atoms with Crippen LogP contribution < -0.4 is 0 Å². The van der Waals surface area contributed by atoms with Gasteiger partial charge in [-0.3, -0.25) is 14.4 Å². The fourth-order valence-corrected chi connectivity index (χ4v) is 3.96. The Morgan fingerprint density at radius 2 is 2.04 bits per heavy atom. The van der Waals surface area contributed by atoms with Crippen molar-refractivity contribution in [1.82, 2.24) is 19.6 Å². The van der Waals surface area contributed by atoms with Crippen LogP contribution >= 0.6 is 0 Å². The summed E-state index contributed by atoms with van der Waals surface area (Å²) in [6.45, 7) is 5.89. The molecule has 2 atom stereocenters. The average molecular weight is 318 g/mol. The van der Waals surface area contributed by atoms with Crippen molar-refractivity contribution < 1.29 is 9.90 Å². The van der Waals surface area contributed by atoms with Gasteiger partial charge in [0, 0.05) is 25.6 Å². The molecule has 1 aromatic rings. The minimum atomic E-state index is -0.432. The molecule has 3 fully saturated rings. The summed E-state index contributed by atoms with van der Waals surface area (Å²) in [5, 5.41) is 15.0. The van der Waals surface area contributed by atoms with Crippen molar-refractivity contribution >= 4 is 5.91 Å². The minimum Gasteiger partial charge on any atom is -0.390 e. The summed E-state index contributed by atoms with van der Waals surface area (Å²) in [4.78, 5) is 17.1. The monoisotopic (exact) mass is 318 g/mol. The van der Waals surface area contributed by atoms with Gasteiger partial charge in [0.2, 0.25) is 0 Å². The average Bonchev–Trinajstić information content (AvgIpc) is 2.99. The third-order valence-corrected chi connectivity index (χ3v) is 5.47. The topological polar surface area (TPSA) is 61.6 Å². The number of likely N-dealkylation sites (tertiary alicyclic amines) is 2. The molecule has 6 nitrogen and oxygen atoms in total. The molecule has 3 aliphatic rings. The molecule has 1 aromatic heterocycles. The first-order chi connectivity index (χ1) is 11.2. The van der Waals surface area contributed by atoms with Gasteiger partial charge in [-0.2, -0.15) is 5.10 Å².